The number of rotatable bonds is 3. The summed E-state index contributed by atoms with van der Waals surface area (Å²) in [4.78, 5) is 12.0. The van der Waals surface area contributed by atoms with Gasteiger partial charge in [0.15, 0.2) is 9.84 Å². The molecule has 1 aliphatic rings. The number of hydrogen-bond donors (Lipinski definition) is 2. The number of nitrogens with zero attached hydrogens (tertiary/aromatic N) is 1. The largest absolute Gasteiger partial charge is 0.352 e. The number of carbonyl (C=O) groups is 1. The van der Waals surface area contributed by atoms with E-state index in [4.69, 9.17) is 0 Å². The molecule has 0 bridgehead atoms. The topological polar surface area (TPSA) is 91.9 Å². The maximum Gasteiger partial charge on any atom is 0.226 e. The number of fused-ring (bicyclic) bond motifs is 1. The number of sulfone groups is 1. The minimum Gasteiger partial charge on any atom is -0.352 e. The van der Waals surface area contributed by atoms with E-state index in [1.165, 1.54) is 0 Å². The van der Waals surface area contributed by atoms with Crippen LogP contribution in [0.3, 0.4) is 0 Å². The van der Waals surface area contributed by atoms with Crippen molar-refractivity contribution < 1.29 is 13.2 Å². The fourth-order valence-corrected chi connectivity index (χ4v) is 4.17. The average Bonchev–Trinajstić information content (AvgIpc) is 2.94. The number of hydrogen-bond acceptors (Lipinski definition) is 4. The Morgan fingerprint density at radius 1 is 1.40 bits per heavy atom. The Morgan fingerprint density at radius 3 is 2.95 bits per heavy atom. The molecule has 1 saturated heterocycles. The SMILES string of the molecule is O=C(Cc1[nH]nc2ccccc12)N[C@@H]1CCS(=O)(=O)C1. The molecule has 0 radical (unpaired) electrons. The first-order valence-corrected chi connectivity index (χ1v) is 8.27. The number of benzene rings is 1. The van der Waals surface area contributed by atoms with Crippen molar-refractivity contribution in [3.05, 3.63) is 30.0 Å². The highest BCUT2D eigenvalue weighted by atomic mass is 32.2. The number of nitrogens with one attached hydrogen (secondary N) is 2. The second kappa shape index (κ2) is 4.90. The molecule has 2 aromatic rings. The molecule has 106 valence electrons. The molecule has 20 heavy (non-hydrogen) atoms. The lowest BCUT2D eigenvalue weighted by Gasteiger charge is -2.10. The van der Waals surface area contributed by atoms with E-state index in [0.29, 0.717) is 6.42 Å². The van der Waals surface area contributed by atoms with Gasteiger partial charge in [-0.05, 0) is 12.5 Å². The van der Waals surface area contributed by atoms with Crippen molar-refractivity contribution in [2.45, 2.75) is 18.9 Å². The Kier molecular flexibility index (Phi) is 3.21. The van der Waals surface area contributed by atoms with Crippen LogP contribution in [-0.4, -0.2) is 42.1 Å². The summed E-state index contributed by atoms with van der Waals surface area (Å²) in [5.74, 6) is 0.0226. The van der Waals surface area contributed by atoms with Gasteiger partial charge in [-0.1, -0.05) is 18.2 Å². The molecule has 2 N–H and O–H groups in total. The summed E-state index contributed by atoms with van der Waals surface area (Å²) in [6.45, 7) is 0. The van der Waals surface area contributed by atoms with Crippen LogP contribution in [0.2, 0.25) is 0 Å². The smallest absolute Gasteiger partial charge is 0.226 e. The van der Waals surface area contributed by atoms with Crippen LogP contribution in [0.5, 0.6) is 0 Å². The number of amides is 1. The van der Waals surface area contributed by atoms with E-state index in [0.717, 1.165) is 16.6 Å². The zero-order valence-corrected chi connectivity index (χ0v) is 11.6. The first kappa shape index (κ1) is 13.1. The first-order valence-electron chi connectivity index (χ1n) is 6.45. The highest BCUT2D eigenvalue weighted by molar-refractivity contribution is 7.91. The molecule has 1 fully saturated rings. The van der Waals surface area contributed by atoms with Crippen LogP contribution < -0.4 is 5.32 Å². The lowest BCUT2D eigenvalue weighted by Crippen LogP contribution is -2.36. The minimum atomic E-state index is -2.97. The van der Waals surface area contributed by atoms with Crippen molar-refractivity contribution in [1.82, 2.24) is 15.5 Å². The highest BCUT2D eigenvalue weighted by Crippen LogP contribution is 2.16. The van der Waals surface area contributed by atoms with E-state index >= 15 is 0 Å². The van der Waals surface area contributed by atoms with Crippen molar-refractivity contribution in [3.63, 3.8) is 0 Å². The Bertz CT molecular complexity index is 751. The van der Waals surface area contributed by atoms with Crippen LogP contribution in [0, 0.1) is 0 Å². The summed E-state index contributed by atoms with van der Waals surface area (Å²) in [5.41, 5.74) is 1.57. The third-order valence-electron chi connectivity index (χ3n) is 3.48. The Morgan fingerprint density at radius 2 is 2.20 bits per heavy atom. The molecule has 7 heteroatoms. The number of aromatic nitrogens is 2. The summed E-state index contributed by atoms with van der Waals surface area (Å²) in [7, 11) is -2.97. The predicted molar refractivity (Wildman–Crippen MR) is 75.0 cm³/mol. The van der Waals surface area contributed by atoms with Crippen molar-refractivity contribution >= 4 is 26.6 Å². The summed E-state index contributed by atoms with van der Waals surface area (Å²) >= 11 is 0. The zero-order chi connectivity index (χ0) is 14.2. The Labute approximate surface area is 116 Å². The van der Waals surface area contributed by atoms with Crippen LogP contribution in [0.4, 0.5) is 0 Å². The maximum atomic E-state index is 12.0. The standard InChI is InChI=1S/C13H15N3O3S/c17-13(14-9-5-6-20(18,19)8-9)7-12-10-3-1-2-4-11(10)15-16-12/h1-4,9H,5-8H2,(H,14,17)(H,15,16)/t9-/m1/s1. The first-order chi connectivity index (χ1) is 9.53. The molecule has 0 unspecified atom stereocenters. The Balaban J connectivity index is 1.67. The van der Waals surface area contributed by atoms with E-state index in [2.05, 4.69) is 15.5 Å². The fraction of sp³-hybridized carbons (Fsp3) is 0.385. The van der Waals surface area contributed by atoms with E-state index in [1.54, 1.807) is 0 Å². The second-order valence-corrected chi connectivity index (χ2v) is 7.29. The van der Waals surface area contributed by atoms with Gasteiger partial charge in [-0.15, -0.1) is 0 Å². The lowest BCUT2D eigenvalue weighted by molar-refractivity contribution is -0.121. The summed E-state index contributed by atoms with van der Waals surface area (Å²) in [6.07, 6.45) is 0.675. The molecule has 1 aliphatic heterocycles. The predicted octanol–water partition coefficient (Wildman–Crippen LogP) is 0.409. The van der Waals surface area contributed by atoms with Crippen LogP contribution in [-0.2, 0) is 21.1 Å². The molecule has 3 rings (SSSR count). The number of aromatic amines is 1. The molecule has 1 amide bonds. The van der Waals surface area contributed by atoms with Gasteiger partial charge in [-0.2, -0.15) is 5.10 Å². The summed E-state index contributed by atoms with van der Waals surface area (Å²) in [6, 6.07) is 7.29. The molecule has 0 saturated carbocycles. The van der Waals surface area contributed by atoms with E-state index in [1.807, 2.05) is 24.3 Å². The van der Waals surface area contributed by atoms with Gasteiger partial charge in [-0.25, -0.2) is 8.42 Å². The monoisotopic (exact) mass is 293 g/mol. The van der Waals surface area contributed by atoms with Gasteiger partial charge in [0.2, 0.25) is 5.91 Å². The molecule has 0 aliphatic carbocycles. The van der Waals surface area contributed by atoms with Crippen LogP contribution in [0.15, 0.2) is 24.3 Å². The van der Waals surface area contributed by atoms with Crippen LogP contribution >= 0.6 is 0 Å². The number of H-pyrrole nitrogens is 1. The second-order valence-electron chi connectivity index (χ2n) is 5.06. The van der Waals surface area contributed by atoms with Gasteiger partial charge < -0.3 is 5.32 Å². The molecule has 6 nitrogen and oxygen atoms in total. The molecule has 1 aromatic carbocycles. The molecular weight excluding hydrogens is 278 g/mol. The van der Waals surface area contributed by atoms with Crippen molar-refractivity contribution in [1.29, 1.82) is 0 Å². The van der Waals surface area contributed by atoms with Gasteiger partial charge in [0.05, 0.1) is 29.1 Å². The number of carbonyl (C=O) groups excluding carboxylic acids is 1. The van der Waals surface area contributed by atoms with Crippen molar-refractivity contribution in [2.24, 2.45) is 0 Å². The number of para-hydroxylation sites is 1. The van der Waals surface area contributed by atoms with Gasteiger partial charge in [0.25, 0.3) is 0 Å². The van der Waals surface area contributed by atoms with Crippen LogP contribution in [0.1, 0.15) is 12.1 Å². The van der Waals surface area contributed by atoms with Crippen molar-refractivity contribution in [3.8, 4) is 0 Å². The van der Waals surface area contributed by atoms with E-state index in [-0.39, 0.29) is 29.9 Å². The van der Waals surface area contributed by atoms with Gasteiger partial charge in [0.1, 0.15) is 0 Å². The van der Waals surface area contributed by atoms with E-state index in [9.17, 15) is 13.2 Å². The molecule has 0 spiro atoms. The lowest BCUT2D eigenvalue weighted by atomic mass is 10.1. The zero-order valence-electron chi connectivity index (χ0n) is 10.8. The summed E-state index contributed by atoms with van der Waals surface area (Å²) < 4.78 is 22.7. The normalized spacial score (nSPS) is 21.1. The average molecular weight is 293 g/mol. The highest BCUT2D eigenvalue weighted by Gasteiger charge is 2.28. The molecule has 1 aromatic heterocycles. The van der Waals surface area contributed by atoms with Gasteiger partial charge >= 0.3 is 0 Å². The minimum absolute atomic E-state index is 0.0441. The third kappa shape index (κ3) is 2.67. The Hall–Kier alpha value is -1.89. The van der Waals surface area contributed by atoms with Crippen LogP contribution in [0.25, 0.3) is 10.9 Å². The van der Waals surface area contributed by atoms with Gasteiger partial charge in [-0.3, -0.25) is 9.89 Å². The molecule has 2 heterocycles. The molecular formula is C13H15N3O3S. The third-order valence-corrected chi connectivity index (χ3v) is 5.24. The fourth-order valence-electron chi connectivity index (χ4n) is 2.50. The van der Waals surface area contributed by atoms with E-state index < -0.39 is 9.84 Å². The molecule has 1 atom stereocenters. The maximum absolute atomic E-state index is 12.0. The van der Waals surface area contributed by atoms with Gasteiger partial charge in [0, 0.05) is 11.4 Å². The van der Waals surface area contributed by atoms with Crippen molar-refractivity contribution in [2.75, 3.05) is 11.5 Å². The summed E-state index contributed by atoms with van der Waals surface area (Å²) in [5, 5.41) is 10.7. The quantitative estimate of drug-likeness (QED) is 0.857.